The maximum Gasteiger partial charge on any atom is 0.192 e. The van der Waals surface area contributed by atoms with Crippen molar-refractivity contribution in [1.82, 2.24) is 10.6 Å². The number of hydrogen-bond donors (Lipinski definition) is 2. The van der Waals surface area contributed by atoms with E-state index in [0.717, 1.165) is 35.9 Å². The number of benzene rings is 1. The molecule has 0 saturated carbocycles. The Morgan fingerprint density at radius 3 is 2.92 bits per heavy atom. The first-order valence-corrected chi connectivity index (χ1v) is 9.03. The van der Waals surface area contributed by atoms with Gasteiger partial charge in [0.25, 0.3) is 0 Å². The smallest absolute Gasteiger partial charge is 0.192 e. The zero-order chi connectivity index (χ0) is 18.4. The first-order valence-electron chi connectivity index (χ1n) is 9.03. The summed E-state index contributed by atoms with van der Waals surface area (Å²) in [7, 11) is 0. The summed E-state index contributed by atoms with van der Waals surface area (Å²) < 4.78 is 11.5. The van der Waals surface area contributed by atoms with Crippen molar-refractivity contribution in [1.29, 1.82) is 0 Å². The summed E-state index contributed by atoms with van der Waals surface area (Å²) in [4.78, 5) is 4.70. The van der Waals surface area contributed by atoms with Gasteiger partial charge in [-0.15, -0.1) is 6.58 Å². The van der Waals surface area contributed by atoms with Crippen LogP contribution in [0.2, 0.25) is 0 Å². The molecule has 1 atom stereocenters. The number of aliphatic imine (C=N–C) groups is 1. The van der Waals surface area contributed by atoms with Crippen LogP contribution in [0.15, 0.2) is 64.7 Å². The van der Waals surface area contributed by atoms with E-state index in [-0.39, 0.29) is 11.6 Å². The molecule has 0 fully saturated rings. The second kappa shape index (κ2) is 8.13. The average Bonchev–Trinajstić information content (AvgIpc) is 3.12. The molecule has 0 radical (unpaired) electrons. The molecule has 1 aliphatic rings. The van der Waals surface area contributed by atoms with Crippen LogP contribution in [0.25, 0.3) is 0 Å². The number of furan rings is 1. The maximum absolute atomic E-state index is 6.11. The van der Waals surface area contributed by atoms with Gasteiger partial charge in [-0.1, -0.05) is 24.3 Å². The Hall–Kier alpha value is -2.69. The van der Waals surface area contributed by atoms with Crippen molar-refractivity contribution in [2.45, 2.75) is 38.3 Å². The number of nitrogens with zero attached hydrogens (tertiary/aromatic N) is 1. The Bertz CT molecular complexity index is 750. The molecule has 1 unspecified atom stereocenters. The minimum atomic E-state index is -0.232. The van der Waals surface area contributed by atoms with Crippen LogP contribution in [0.5, 0.6) is 5.75 Å². The van der Waals surface area contributed by atoms with E-state index in [0.29, 0.717) is 13.1 Å². The van der Waals surface area contributed by atoms with E-state index in [4.69, 9.17) is 14.1 Å². The lowest BCUT2D eigenvalue weighted by Gasteiger charge is -2.38. The zero-order valence-electron chi connectivity index (χ0n) is 15.5. The van der Waals surface area contributed by atoms with Gasteiger partial charge in [0.1, 0.15) is 17.1 Å². The van der Waals surface area contributed by atoms with Gasteiger partial charge < -0.3 is 19.8 Å². The molecule has 2 heterocycles. The maximum atomic E-state index is 6.11. The molecule has 0 saturated heterocycles. The largest absolute Gasteiger partial charge is 0.487 e. The quantitative estimate of drug-likeness (QED) is 0.470. The predicted octanol–water partition coefficient (Wildman–Crippen LogP) is 3.85. The standard InChI is InChI=1S/C21H27N3O2/c1-4-12-22-20(23-13-11-16-8-7-14-25-16)24-18-15-21(2,3)26-19-10-6-5-9-17(18)19/h4-10,14,18H,1,11-13,15H2,2-3H3,(H2,22,23,24). The van der Waals surface area contributed by atoms with E-state index in [1.54, 1.807) is 6.26 Å². The second-order valence-corrected chi connectivity index (χ2v) is 7.03. The fraction of sp³-hybridized carbons (Fsp3) is 0.381. The summed E-state index contributed by atoms with van der Waals surface area (Å²) in [6, 6.07) is 12.2. The molecule has 138 valence electrons. The van der Waals surface area contributed by atoms with E-state index in [2.05, 4.69) is 37.1 Å². The summed E-state index contributed by atoms with van der Waals surface area (Å²) >= 11 is 0. The molecular formula is C21H27N3O2. The Morgan fingerprint density at radius 2 is 2.15 bits per heavy atom. The van der Waals surface area contributed by atoms with Crippen molar-refractivity contribution in [3.05, 3.63) is 66.6 Å². The van der Waals surface area contributed by atoms with Gasteiger partial charge in [0.05, 0.1) is 12.3 Å². The Labute approximate surface area is 155 Å². The van der Waals surface area contributed by atoms with Gasteiger partial charge in [0.15, 0.2) is 5.96 Å². The van der Waals surface area contributed by atoms with Crippen LogP contribution in [0.3, 0.4) is 0 Å². The summed E-state index contributed by atoms with van der Waals surface area (Å²) in [5.74, 6) is 2.64. The Morgan fingerprint density at radius 1 is 1.31 bits per heavy atom. The molecule has 3 rings (SSSR count). The van der Waals surface area contributed by atoms with Crippen LogP contribution in [0.4, 0.5) is 0 Å². The molecular weight excluding hydrogens is 326 g/mol. The number of nitrogens with one attached hydrogen (secondary N) is 2. The minimum absolute atomic E-state index is 0.134. The summed E-state index contributed by atoms with van der Waals surface area (Å²) in [6.07, 6.45) is 5.14. The van der Waals surface area contributed by atoms with E-state index >= 15 is 0 Å². The molecule has 2 N–H and O–H groups in total. The second-order valence-electron chi connectivity index (χ2n) is 7.03. The highest BCUT2D eigenvalue weighted by Crippen LogP contribution is 2.39. The summed E-state index contributed by atoms with van der Waals surface area (Å²) in [5, 5.41) is 6.87. The monoisotopic (exact) mass is 353 g/mol. The van der Waals surface area contributed by atoms with Crippen LogP contribution in [0, 0.1) is 0 Å². The van der Waals surface area contributed by atoms with Gasteiger partial charge in [0.2, 0.25) is 0 Å². The third-order valence-electron chi connectivity index (χ3n) is 4.31. The van der Waals surface area contributed by atoms with Crippen molar-refractivity contribution < 1.29 is 9.15 Å². The van der Waals surface area contributed by atoms with Crippen molar-refractivity contribution in [2.24, 2.45) is 4.99 Å². The Balaban J connectivity index is 1.73. The van der Waals surface area contributed by atoms with Gasteiger partial charge in [-0.2, -0.15) is 0 Å². The van der Waals surface area contributed by atoms with E-state index in [9.17, 15) is 0 Å². The fourth-order valence-corrected chi connectivity index (χ4v) is 3.15. The topological polar surface area (TPSA) is 58.8 Å². The highest BCUT2D eigenvalue weighted by molar-refractivity contribution is 5.80. The molecule has 0 bridgehead atoms. The number of hydrogen-bond acceptors (Lipinski definition) is 3. The van der Waals surface area contributed by atoms with Gasteiger partial charge in [-0.25, -0.2) is 0 Å². The van der Waals surface area contributed by atoms with Crippen molar-refractivity contribution in [3.8, 4) is 5.75 Å². The molecule has 26 heavy (non-hydrogen) atoms. The van der Waals surface area contributed by atoms with Gasteiger partial charge in [-0.05, 0) is 32.0 Å². The Kier molecular flexibility index (Phi) is 5.66. The highest BCUT2D eigenvalue weighted by Gasteiger charge is 2.33. The summed E-state index contributed by atoms with van der Waals surface area (Å²) in [6.45, 7) is 9.31. The van der Waals surface area contributed by atoms with Crippen molar-refractivity contribution >= 4 is 5.96 Å². The molecule has 1 aromatic heterocycles. The lowest BCUT2D eigenvalue weighted by atomic mass is 9.90. The van der Waals surface area contributed by atoms with E-state index < -0.39 is 0 Å². The van der Waals surface area contributed by atoms with Crippen molar-refractivity contribution in [3.63, 3.8) is 0 Å². The SMILES string of the molecule is C=CCNC(=NCCc1ccco1)NC1CC(C)(C)Oc2ccccc21. The third kappa shape index (κ3) is 4.69. The van der Waals surface area contributed by atoms with E-state index in [1.807, 2.05) is 36.4 Å². The number of rotatable bonds is 6. The lowest BCUT2D eigenvalue weighted by Crippen LogP contribution is -2.45. The number of guanidine groups is 1. The van der Waals surface area contributed by atoms with Crippen LogP contribution in [-0.4, -0.2) is 24.7 Å². The minimum Gasteiger partial charge on any atom is -0.487 e. The molecule has 0 aliphatic carbocycles. The normalized spacial score (nSPS) is 18.5. The fourth-order valence-electron chi connectivity index (χ4n) is 3.15. The predicted molar refractivity (Wildman–Crippen MR) is 105 cm³/mol. The van der Waals surface area contributed by atoms with Gasteiger partial charge >= 0.3 is 0 Å². The lowest BCUT2D eigenvalue weighted by molar-refractivity contribution is 0.0694. The van der Waals surface area contributed by atoms with Crippen LogP contribution in [0.1, 0.15) is 37.6 Å². The average molecular weight is 353 g/mol. The van der Waals surface area contributed by atoms with Crippen LogP contribution < -0.4 is 15.4 Å². The highest BCUT2D eigenvalue weighted by atomic mass is 16.5. The number of ether oxygens (including phenoxy) is 1. The van der Waals surface area contributed by atoms with Crippen LogP contribution >= 0.6 is 0 Å². The zero-order valence-corrected chi connectivity index (χ0v) is 15.5. The molecule has 1 aromatic carbocycles. The van der Waals surface area contributed by atoms with Gasteiger partial charge in [-0.3, -0.25) is 4.99 Å². The third-order valence-corrected chi connectivity index (χ3v) is 4.31. The van der Waals surface area contributed by atoms with Crippen molar-refractivity contribution in [2.75, 3.05) is 13.1 Å². The van der Waals surface area contributed by atoms with Gasteiger partial charge in [0, 0.05) is 31.5 Å². The van der Waals surface area contributed by atoms with E-state index in [1.165, 1.54) is 0 Å². The molecule has 5 nitrogen and oxygen atoms in total. The molecule has 2 aromatic rings. The number of fused-ring (bicyclic) bond motifs is 1. The molecule has 1 aliphatic heterocycles. The molecule has 5 heteroatoms. The number of para-hydroxylation sites is 1. The first-order chi connectivity index (χ1) is 12.6. The first kappa shape index (κ1) is 18.1. The summed E-state index contributed by atoms with van der Waals surface area (Å²) in [5.41, 5.74) is 0.926. The van der Waals surface area contributed by atoms with Crippen LogP contribution in [-0.2, 0) is 6.42 Å². The molecule has 0 amide bonds. The molecule has 0 spiro atoms.